The van der Waals surface area contributed by atoms with E-state index in [1.54, 1.807) is 0 Å². The molecule has 3 aromatic heterocycles. The minimum atomic E-state index is -0.280. The summed E-state index contributed by atoms with van der Waals surface area (Å²) >= 11 is 1.49. The highest BCUT2D eigenvalue weighted by Gasteiger charge is 2.18. The maximum absolute atomic E-state index is 12.6. The second-order valence-electron chi connectivity index (χ2n) is 5.79. The number of esters is 1. The molecule has 0 spiro atoms. The highest BCUT2D eigenvalue weighted by molar-refractivity contribution is 7.16. The summed E-state index contributed by atoms with van der Waals surface area (Å²) in [6, 6.07) is 3.69. The monoisotopic (exact) mass is 373 g/mol. The van der Waals surface area contributed by atoms with Gasteiger partial charge in [0, 0.05) is 23.5 Å². The summed E-state index contributed by atoms with van der Waals surface area (Å²) in [7, 11) is 1.36. The lowest BCUT2D eigenvalue weighted by molar-refractivity contribution is -0.140. The summed E-state index contributed by atoms with van der Waals surface area (Å²) in [5.41, 5.74) is 2.31. The summed E-state index contributed by atoms with van der Waals surface area (Å²) in [5, 5.41) is 2.71. The first-order valence-electron chi connectivity index (χ1n) is 8.09. The zero-order valence-corrected chi connectivity index (χ0v) is 15.6. The normalized spacial score (nSPS) is 10.9. The van der Waals surface area contributed by atoms with Crippen LogP contribution < -0.4 is 4.74 Å². The van der Waals surface area contributed by atoms with Crippen LogP contribution in [0.5, 0.6) is 5.88 Å². The topological polar surface area (TPSA) is 83.3 Å². The summed E-state index contributed by atoms with van der Waals surface area (Å²) in [6.07, 6.45) is 1.69. The van der Waals surface area contributed by atoms with Crippen LogP contribution >= 0.6 is 11.3 Å². The number of Topliss-reactive ketones (excluding diaryl/α,β-unsaturated/α-hetero) is 1. The van der Waals surface area contributed by atoms with Crippen molar-refractivity contribution in [1.29, 1.82) is 0 Å². The van der Waals surface area contributed by atoms with E-state index in [0.717, 1.165) is 21.6 Å². The molecule has 26 heavy (non-hydrogen) atoms. The van der Waals surface area contributed by atoms with Gasteiger partial charge in [-0.3, -0.25) is 9.59 Å². The van der Waals surface area contributed by atoms with Gasteiger partial charge in [-0.25, -0.2) is 9.97 Å². The molecule has 3 aromatic rings. The van der Waals surface area contributed by atoms with Crippen LogP contribution in [-0.2, 0) is 16.1 Å². The Kier molecular flexibility index (Phi) is 5.32. The Morgan fingerprint density at radius 2 is 2.08 bits per heavy atom. The minimum Gasteiger partial charge on any atom is -0.469 e. The standard InChI is InChI=1S/C18H19N3O4S/c1-11-8-14(12(2)21(11)6-4-16(23)24-3)15(22)9-25-17-13-5-7-26-18(13)20-10-19-17/h5,7-8,10H,4,6,9H2,1-3H3. The lowest BCUT2D eigenvalue weighted by atomic mass is 10.1. The van der Waals surface area contributed by atoms with Gasteiger partial charge in [0.25, 0.3) is 0 Å². The fraction of sp³-hybridized carbons (Fsp3) is 0.333. The van der Waals surface area contributed by atoms with Gasteiger partial charge in [-0.1, -0.05) is 0 Å². The third-order valence-electron chi connectivity index (χ3n) is 4.21. The van der Waals surface area contributed by atoms with Crippen LogP contribution in [0.3, 0.4) is 0 Å². The van der Waals surface area contributed by atoms with Crippen molar-refractivity contribution in [1.82, 2.24) is 14.5 Å². The Morgan fingerprint density at radius 1 is 1.27 bits per heavy atom. The first kappa shape index (κ1) is 18.1. The van der Waals surface area contributed by atoms with E-state index in [4.69, 9.17) is 4.74 Å². The Labute approximate surface area is 154 Å². The van der Waals surface area contributed by atoms with Crippen molar-refractivity contribution in [2.24, 2.45) is 0 Å². The second kappa shape index (κ2) is 7.65. The lowest BCUT2D eigenvalue weighted by Gasteiger charge is -2.09. The number of hydrogen-bond acceptors (Lipinski definition) is 7. The number of thiophene rings is 1. The summed E-state index contributed by atoms with van der Waals surface area (Å²) in [5.74, 6) is -0.00856. The number of carbonyl (C=O) groups is 2. The Hall–Kier alpha value is -2.74. The van der Waals surface area contributed by atoms with Crippen molar-refractivity contribution >= 4 is 33.3 Å². The molecular weight excluding hydrogens is 354 g/mol. The van der Waals surface area contributed by atoms with Crippen LogP contribution in [0.4, 0.5) is 0 Å². The number of nitrogens with zero attached hydrogens (tertiary/aromatic N) is 3. The van der Waals surface area contributed by atoms with Gasteiger partial charge >= 0.3 is 5.97 Å². The molecule has 0 unspecified atom stereocenters. The van der Waals surface area contributed by atoms with Gasteiger partial charge in [-0.2, -0.15) is 0 Å². The zero-order chi connectivity index (χ0) is 18.7. The third kappa shape index (κ3) is 3.60. The molecule has 7 nitrogen and oxygen atoms in total. The van der Waals surface area contributed by atoms with Crippen LogP contribution in [0.25, 0.3) is 10.2 Å². The maximum Gasteiger partial charge on any atom is 0.307 e. The molecule has 0 atom stereocenters. The van der Waals surface area contributed by atoms with E-state index in [-0.39, 0.29) is 24.8 Å². The van der Waals surface area contributed by atoms with Crippen molar-refractivity contribution in [2.45, 2.75) is 26.8 Å². The van der Waals surface area contributed by atoms with Crippen LogP contribution in [0.1, 0.15) is 28.2 Å². The third-order valence-corrected chi connectivity index (χ3v) is 5.03. The first-order chi connectivity index (χ1) is 12.5. The molecule has 0 saturated carbocycles. The van der Waals surface area contributed by atoms with E-state index in [0.29, 0.717) is 18.0 Å². The van der Waals surface area contributed by atoms with Crippen molar-refractivity contribution in [3.05, 3.63) is 40.8 Å². The second-order valence-corrected chi connectivity index (χ2v) is 6.69. The molecule has 0 aromatic carbocycles. The Bertz CT molecular complexity index is 961. The number of aryl methyl sites for hydroxylation is 1. The molecule has 0 bridgehead atoms. The highest BCUT2D eigenvalue weighted by atomic mass is 32.1. The average molecular weight is 373 g/mol. The molecule has 0 N–H and O–H groups in total. The summed E-state index contributed by atoms with van der Waals surface area (Å²) in [6.45, 7) is 4.13. The highest BCUT2D eigenvalue weighted by Crippen LogP contribution is 2.25. The van der Waals surface area contributed by atoms with Crippen molar-refractivity contribution < 1.29 is 19.1 Å². The fourth-order valence-corrected chi connectivity index (χ4v) is 3.55. The lowest BCUT2D eigenvalue weighted by Crippen LogP contribution is -2.14. The van der Waals surface area contributed by atoms with Gasteiger partial charge < -0.3 is 14.0 Å². The number of carbonyl (C=O) groups excluding carboxylic acids is 2. The number of aromatic nitrogens is 3. The molecule has 0 aliphatic heterocycles. The molecule has 8 heteroatoms. The fourth-order valence-electron chi connectivity index (χ4n) is 2.83. The number of fused-ring (bicyclic) bond motifs is 1. The van der Waals surface area contributed by atoms with Gasteiger partial charge in [-0.05, 0) is 31.4 Å². The van der Waals surface area contributed by atoms with Crippen LogP contribution in [0, 0.1) is 13.8 Å². The van der Waals surface area contributed by atoms with Gasteiger partial charge in [-0.15, -0.1) is 11.3 Å². The van der Waals surface area contributed by atoms with E-state index in [1.165, 1.54) is 24.8 Å². The number of rotatable bonds is 7. The molecule has 0 radical (unpaired) electrons. The number of methoxy groups -OCH3 is 1. The SMILES string of the molecule is COC(=O)CCn1c(C)cc(C(=O)COc2ncnc3sccc23)c1C. The Morgan fingerprint density at radius 3 is 2.85 bits per heavy atom. The van der Waals surface area contributed by atoms with Crippen molar-refractivity contribution in [2.75, 3.05) is 13.7 Å². The summed E-state index contributed by atoms with van der Waals surface area (Å²) < 4.78 is 12.2. The summed E-state index contributed by atoms with van der Waals surface area (Å²) in [4.78, 5) is 33.1. The molecule has 0 aliphatic rings. The smallest absolute Gasteiger partial charge is 0.307 e. The average Bonchev–Trinajstić information content (AvgIpc) is 3.22. The van der Waals surface area contributed by atoms with Gasteiger partial charge in [0.15, 0.2) is 6.61 Å². The van der Waals surface area contributed by atoms with E-state index in [1.807, 2.05) is 35.9 Å². The van der Waals surface area contributed by atoms with E-state index >= 15 is 0 Å². The molecule has 136 valence electrons. The van der Waals surface area contributed by atoms with Gasteiger partial charge in [0.05, 0.1) is 18.9 Å². The molecule has 0 saturated heterocycles. The quantitative estimate of drug-likeness (QED) is 0.468. The van der Waals surface area contributed by atoms with E-state index in [2.05, 4.69) is 14.7 Å². The van der Waals surface area contributed by atoms with E-state index < -0.39 is 0 Å². The minimum absolute atomic E-state index is 0.108. The number of ketones is 1. The molecule has 0 aliphatic carbocycles. The van der Waals surface area contributed by atoms with Gasteiger partial charge in [0.2, 0.25) is 11.7 Å². The zero-order valence-electron chi connectivity index (χ0n) is 14.8. The van der Waals surface area contributed by atoms with Crippen molar-refractivity contribution in [3.8, 4) is 5.88 Å². The predicted octanol–water partition coefficient (Wildman–Crippen LogP) is 2.93. The largest absolute Gasteiger partial charge is 0.469 e. The molecule has 0 fully saturated rings. The van der Waals surface area contributed by atoms with E-state index in [9.17, 15) is 9.59 Å². The van der Waals surface area contributed by atoms with Gasteiger partial charge in [0.1, 0.15) is 11.2 Å². The predicted molar refractivity (Wildman–Crippen MR) is 97.8 cm³/mol. The Balaban J connectivity index is 1.72. The molecule has 3 rings (SSSR count). The molecule has 0 amide bonds. The van der Waals surface area contributed by atoms with Crippen LogP contribution in [0.15, 0.2) is 23.8 Å². The molecular formula is C18H19N3O4S. The number of hydrogen-bond donors (Lipinski definition) is 0. The van der Waals surface area contributed by atoms with Crippen LogP contribution in [-0.4, -0.2) is 40.0 Å². The molecule has 3 heterocycles. The first-order valence-corrected chi connectivity index (χ1v) is 8.97. The number of ether oxygens (including phenoxy) is 2. The van der Waals surface area contributed by atoms with Crippen LogP contribution in [0.2, 0.25) is 0 Å². The maximum atomic E-state index is 12.6. The van der Waals surface area contributed by atoms with Crippen molar-refractivity contribution in [3.63, 3.8) is 0 Å².